The van der Waals surface area contributed by atoms with E-state index in [0.717, 1.165) is 25.0 Å². The minimum atomic E-state index is -4.06. The first-order chi connectivity index (χ1) is 15.3. The lowest BCUT2D eigenvalue weighted by Gasteiger charge is -2.32. The molecule has 1 amide bonds. The second-order valence-electron chi connectivity index (χ2n) is 7.73. The summed E-state index contributed by atoms with van der Waals surface area (Å²) in [6.07, 6.45) is 1.70. The van der Waals surface area contributed by atoms with E-state index in [4.69, 9.17) is 11.6 Å². The van der Waals surface area contributed by atoms with E-state index in [1.165, 1.54) is 35.9 Å². The number of carbonyl (C=O) groups excluding carboxylic acids is 1. The molecule has 0 aromatic heterocycles. The Balaban J connectivity index is 1.49. The maximum Gasteiger partial charge on any atom is 0.263 e. The normalized spacial score (nSPS) is 14.9. The highest BCUT2D eigenvalue weighted by Gasteiger charge is 2.26. The molecule has 0 aliphatic carbocycles. The third-order valence-electron chi connectivity index (χ3n) is 5.62. The summed E-state index contributed by atoms with van der Waals surface area (Å²) in [6.45, 7) is 1.19. The molecule has 1 heterocycles. The fourth-order valence-electron chi connectivity index (χ4n) is 3.89. The molecule has 3 aromatic carbocycles. The van der Waals surface area contributed by atoms with E-state index in [0.29, 0.717) is 19.0 Å². The van der Waals surface area contributed by atoms with Crippen molar-refractivity contribution in [2.24, 2.45) is 0 Å². The van der Waals surface area contributed by atoms with Crippen LogP contribution in [0, 0.1) is 5.82 Å². The summed E-state index contributed by atoms with van der Waals surface area (Å²) in [5.74, 6) is -0.303. The fourth-order valence-corrected chi connectivity index (χ4v) is 5.48. The first kappa shape index (κ1) is 22.3. The van der Waals surface area contributed by atoms with Crippen molar-refractivity contribution in [1.82, 2.24) is 4.90 Å². The molecule has 166 valence electrons. The largest absolute Gasteiger partial charge is 0.339 e. The van der Waals surface area contributed by atoms with Gasteiger partial charge in [0.1, 0.15) is 10.7 Å². The number of nitrogens with one attached hydrogen (secondary N) is 1. The lowest BCUT2D eigenvalue weighted by molar-refractivity contribution is 0.0712. The zero-order valence-corrected chi connectivity index (χ0v) is 18.7. The van der Waals surface area contributed by atoms with Gasteiger partial charge in [-0.2, -0.15) is 0 Å². The van der Waals surface area contributed by atoms with Crippen molar-refractivity contribution in [3.05, 3.63) is 94.8 Å². The van der Waals surface area contributed by atoms with Crippen LogP contribution in [0.2, 0.25) is 5.02 Å². The van der Waals surface area contributed by atoms with Crippen LogP contribution in [0.5, 0.6) is 0 Å². The van der Waals surface area contributed by atoms with Crippen molar-refractivity contribution in [1.29, 1.82) is 0 Å². The number of piperidine rings is 1. The quantitative estimate of drug-likeness (QED) is 0.548. The predicted molar refractivity (Wildman–Crippen MR) is 123 cm³/mol. The number of hydrogen-bond donors (Lipinski definition) is 1. The smallest absolute Gasteiger partial charge is 0.263 e. The number of likely N-dealkylation sites (tertiary alicyclic amines) is 1. The lowest BCUT2D eigenvalue weighted by atomic mass is 9.89. The number of nitrogens with zero attached hydrogens (tertiary/aromatic N) is 1. The standard InChI is InChI=1S/C24H22ClFN2O3S/c25-22-11-6-19(16-23(22)32(30,31)27-21-9-7-20(26)8-10-21)24(29)28-14-12-18(13-15-28)17-4-2-1-3-5-17/h1-11,16,18,27H,12-15H2. The molecule has 0 atom stereocenters. The Kier molecular flexibility index (Phi) is 6.48. The highest BCUT2D eigenvalue weighted by molar-refractivity contribution is 7.92. The van der Waals surface area contributed by atoms with Gasteiger partial charge in [0.05, 0.1) is 5.02 Å². The summed E-state index contributed by atoms with van der Waals surface area (Å²) in [6, 6.07) is 19.4. The Bertz CT molecular complexity index is 1210. The van der Waals surface area contributed by atoms with E-state index < -0.39 is 15.8 Å². The zero-order chi connectivity index (χ0) is 22.7. The molecule has 8 heteroatoms. The van der Waals surface area contributed by atoms with Crippen LogP contribution in [0.4, 0.5) is 10.1 Å². The molecule has 0 unspecified atom stereocenters. The van der Waals surface area contributed by atoms with Gasteiger partial charge in [0.2, 0.25) is 0 Å². The van der Waals surface area contributed by atoms with Crippen molar-refractivity contribution < 1.29 is 17.6 Å². The van der Waals surface area contributed by atoms with Crippen molar-refractivity contribution in [3.8, 4) is 0 Å². The van der Waals surface area contributed by atoms with E-state index >= 15 is 0 Å². The van der Waals surface area contributed by atoms with Gasteiger partial charge in [0, 0.05) is 24.3 Å². The third-order valence-corrected chi connectivity index (χ3v) is 7.48. The van der Waals surface area contributed by atoms with E-state index in [9.17, 15) is 17.6 Å². The number of rotatable bonds is 5. The molecular weight excluding hydrogens is 451 g/mol. The first-order valence-corrected chi connectivity index (χ1v) is 12.1. The van der Waals surface area contributed by atoms with E-state index in [1.807, 2.05) is 18.2 Å². The van der Waals surface area contributed by atoms with Crippen LogP contribution < -0.4 is 4.72 Å². The number of amides is 1. The number of carbonyl (C=O) groups is 1. The molecule has 0 saturated carbocycles. The Morgan fingerprint density at radius 1 is 0.969 bits per heavy atom. The van der Waals surface area contributed by atoms with Crippen molar-refractivity contribution in [2.45, 2.75) is 23.7 Å². The Morgan fingerprint density at radius 2 is 1.62 bits per heavy atom. The molecule has 1 aliphatic heterocycles. The summed E-state index contributed by atoms with van der Waals surface area (Å²) >= 11 is 6.15. The molecule has 0 bridgehead atoms. The molecule has 3 aromatic rings. The maximum atomic E-state index is 13.1. The minimum absolute atomic E-state index is 0.000975. The molecule has 32 heavy (non-hydrogen) atoms. The first-order valence-electron chi connectivity index (χ1n) is 10.3. The molecule has 4 rings (SSSR count). The number of halogens is 2. The number of hydrogen-bond acceptors (Lipinski definition) is 3. The minimum Gasteiger partial charge on any atom is -0.339 e. The van der Waals surface area contributed by atoms with Crippen LogP contribution in [-0.2, 0) is 10.0 Å². The zero-order valence-electron chi connectivity index (χ0n) is 17.2. The van der Waals surface area contributed by atoms with E-state index in [1.54, 1.807) is 4.90 Å². The van der Waals surface area contributed by atoms with Gasteiger partial charge >= 0.3 is 0 Å². The second-order valence-corrected chi connectivity index (χ2v) is 9.79. The predicted octanol–water partition coefficient (Wildman–Crippen LogP) is 5.30. The van der Waals surface area contributed by atoms with Crippen LogP contribution in [-0.4, -0.2) is 32.3 Å². The summed E-state index contributed by atoms with van der Waals surface area (Å²) in [4.78, 5) is 14.6. The molecule has 1 saturated heterocycles. The Morgan fingerprint density at radius 3 is 2.28 bits per heavy atom. The third kappa shape index (κ3) is 4.95. The van der Waals surface area contributed by atoms with Gasteiger partial charge in [-0.3, -0.25) is 9.52 Å². The van der Waals surface area contributed by atoms with Crippen LogP contribution >= 0.6 is 11.6 Å². The summed E-state index contributed by atoms with van der Waals surface area (Å²) in [5, 5.41) is -0.000975. The SMILES string of the molecule is O=C(c1ccc(Cl)c(S(=O)(=O)Nc2ccc(F)cc2)c1)N1CCC(c2ccccc2)CC1. The number of benzene rings is 3. The summed E-state index contributed by atoms with van der Waals surface area (Å²) in [5.41, 5.74) is 1.72. The highest BCUT2D eigenvalue weighted by atomic mass is 35.5. The topological polar surface area (TPSA) is 66.5 Å². The molecule has 1 fully saturated rings. The lowest BCUT2D eigenvalue weighted by Crippen LogP contribution is -2.38. The fraction of sp³-hybridized carbons (Fsp3) is 0.208. The van der Waals surface area contributed by atoms with Crippen LogP contribution in [0.3, 0.4) is 0 Å². The Labute approximate surface area is 191 Å². The molecular formula is C24H22ClFN2O3S. The monoisotopic (exact) mass is 472 g/mol. The average molecular weight is 473 g/mol. The van der Waals surface area contributed by atoms with Crippen molar-refractivity contribution in [3.63, 3.8) is 0 Å². The van der Waals surface area contributed by atoms with E-state index in [2.05, 4.69) is 16.9 Å². The van der Waals surface area contributed by atoms with Gasteiger partial charge in [0.25, 0.3) is 15.9 Å². The van der Waals surface area contributed by atoms with Gasteiger partial charge in [-0.1, -0.05) is 41.9 Å². The van der Waals surface area contributed by atoms with Crippen LogP contribution in [0.25, 0.3) is 0 Å². The Hall–Kier alpha value is -2.90. The number of sulfonamides is 1. The van der Waals surface area contributed by atoms with Crippen LogP contribution in [0.1, 0.15) is 34.7 Å². The molecule has 5 nitrogen and oxygen atoms in total. The summed E-state index contributed by atoms with van der Waals surface area (Å²) in [7, 11) is -4.06. The van der Waals surface area contributed by atoms with Gasteiger partial charge in [-0.25, -0.2) is 12.8 Å². The van der Waals surface area contributed by atoms with Gasteiger partial charge in [-0.15, -0.1) is 0 Å². The molecule has 1 N–H and O–H groups in total. The molecule has 1 aliphatic rings. The number of anilines is 1. The van der Waals surface area contributed by atoms with Gasteiger partial charge in [-0.05, 0) is 66.8 Å². The second kappa shape index (κ2) is 9.30. The van der Waals surface area contributed by atoms with Gasteiger partial charge in [0.15, 0.2) is 0 Å². The maximum absolute atomic E-state index is 13.1. The molecule has 0 spiro atoms. The summed E-state index contributed by atoms with van der Waals surface area (Å²) < 4.78 is 41.2. The average Bonchev–Trinajstić information content (AvgIpc) is 2.81. The molecule has 0 radical (unpaired) electrons. The van der Waals surface area contributed by atoms with Crippen molar-refractivity contribution in [2.75, 3.05) is 17.8 Å². The van der Waals surface area contributed by atoms with E-state index in [-0.39, 0.29) is 27.1 Å². The highest BCUT2D eigenvalue weighted by Crippen LogP contribution is 2.30. The van der Waals surface area contributed by atoms with Crippen molar-refractivity contribution >= 4 is 33.2 Å². The van der Waals surface area contributed by atoms with Gasteiger partial charge < -0.3 is 4.90 Å². The van der Waals surface area contributed by atoms with Crippen LogP contribution in [0.15, 0.2) is 77.7 Å².